The lowest BCUT2D eigenvalue weighted by Gasteiger charge is -2.54. The number of ether oxygens (including phenoxy) is 1. The molecule has 0 unspecified atom stereocenters. The van der Waals surface area contributed by atoms with Crippen molar-refractivity contribution in [2.24, 2.45) is 11.8 Å². The maximum atomic E-state index is 14.2. The molecule has 45 heavy (non-hydrogen) atoms. The van der Waals surface area contributed by atoms with Gasteiger partial charge in [-0.3, -0.25) is 19.3 Å². The molecular formula is C37H32Cl2N2O4. The normalized spacial score (nSPS) is 25.1. The predicted octanol–water partition coefficient (Wildman–Crippen LogP) is 7.83. The van der Waals surface area contributed by atoms with Crippen LogP contribution in [-0.4, -0.2) is 28.7 Å². The number of hydrogen-bond donors (Lipinski definition) is 1. The Morgan fingerprint density at radius 1 is 0.778 bits per heavy atom. The molecule has 3 aliphatic carbocycles. The van der Waals surface area contributed by atoms with E-state index in [9.17, 15) is 14.4 Å². The minimum Gasteiger partial charge on any atom is -0.457 e. The van der Waals surface area contributed by atoms with Gasteiger partial charge in [0, 0.05) is 5.69 Å². The molecular weight excluding hydrogens is 607 g/mol. The molecule has 0 radical (unpaired) electrons. The first kappa shape index (κ1) is 29.6. The van der Waals surface area contributed by atoms with Gasteiger partial charge in [-0.2, -0.15) is 0 Å². The number of carbonyl (C=O) groups is 3. The molecule has 228 valence electrons. The van der Waals surface area contributed by atoms with Gasteiger partial charge in [0.25, 0.3) is 0 Å². The van der Waals surface area contributed by atoms with Gasteiger partial charge in [0.2, 0.25) is 17.7 Å². The summed E-state index contributed by atoms with van der Waals surface area (Å²) in [5, 5.41) is 2.86. The number of likely N-dealkylation sites (tertiary alicyclic amines) is 1. The van der Waals surface area contributed by atoms with Gasteiger partial charge in [-0.15, -0.1) is 23.2 Å². The molecule has 4 aromatic carbocycles. The van der Waals surface area contributed by atoms with Crippen LogP contribution in [0.4, 0.5) is 5.69 Å². The number of benzene rings is 4. The number of amides is 3. The van der Waals surface area contributed by atoms with E-state index in [4.69, 9.17) is 27.9 Å². The van der Waals surface area contributed by atoms with Crippen LogP contribution in [0.3, 0.4) is 0 Å². The lowest BCUT2D eigenvalue weighted by atomic mass is 9.54. The van der Waals surface area contributed by atoms with E-state index in [-0.39, 0.29) is 0 Å². The van der Waals surface area contributed by atoms with E-state index in [1.165, 1.54) is 0 Å². The number of rotatable bonds is 6. The Bertz CT molecular complexity index is 1760. The molecule has 0 saturated carbocycles. The summed E-state index contributed by atoms with van der Waals surface area (Å²) < 4.78 is 6.19. The van der Waals surface area contributed by atoms with Crippen molar-refractivity contribution >= 4 is 46.6 Å². The summed E-state index contributed by atoms with van der Waals surface area (Å²) in [6.45, 7) is 7.80. The third-order valence-electron chi connectivity index (χ3n) is 9.53. The summed E-state index contributed by atoms with van der Waals surface area (Å²) in [6.07, 6.45) is 0. The van der Waals surface area contributed by atoms with Crippen LogP contribution >= 0.6 is 23.2 Å². The standard InChI is InChI=1S/C37H32Cl2N2O4/c1-20(2)25-18-13-21(3)19-30(25)45-24-16-14-23(15-17-24)40-33(42)22(4)41-34(43)31-32(35(41)44)37(39)27-10-6-5-9-26(27)36(31,38)28-11-7-8-12-29(28)37/h5-20,22,31-32H,1-4H3,(H,40,42)/t22-,31+,32+,36?,37?/m0/s1. The smallest absolute Gasteiger partial charge is 0.247 e. The molecule has 8 rings (SSSR count). The average Bonchev–Trinajstić information content (AvgIpc) is 3.31. The Kier molecular flexibility index (Phi) is 6.88. The molecule has 1 aliphatic heterocycles. The highest BCUT2D eigenvalue weighted by Crippen LogP contribution is 2.69. The largest absolute Gasteiger partial charge is 0.457 e. The Morgan fingerprint density at radius 2 is 1.27 bits per heavy atom. The first-order valence-electron chi connectivity index (χ1n) is 15.1. The summed E-state index contributed by atoms with van der Waals surface area (Å²) in [5.41, 5.74) is 5.57. The molecule has 1 N–H and O–H groups in total. The third kappa shape index (κ3) is 4.19. The van der Waals surface area contributed by atoms with E-state index in [0.29, 0.717) is 17.4 Å². The Labute approximate surface area is 272 Å². The first-order valence-corrected chi connectivity index (χ1v) is 15.9. The SMILES string of the molecule is Cc1ccc(C(C)C)c(Oc2ccc(NC(=O)[C@H](C)N3C(=O)[C@H]4[C@H](C3=O)C3(Cl)c5ccccc5C4(Cl)c4ccccc43)cc2)c1. The van der Waals surface area contributed by atoms with E-state index < -0.39 is 45.3 Å². The highest BCUT2D eigenvalue weighted by atomic mass is 35.5. The molecule has 0 spiro atoms. The van der Waals surface area contributed by atoms with Crippen LogP contribution in [0.25, 0.3) is 0 Å². The Hall–Kier alpha value is -4.13. The van der Waals surface area contributed by atoms with E-state index >= 15 is 0 Å². The van der Waals surface area contributed by atoms with Crippen molar-refractivity contribution in [1.82, 2.24) is 4.90 Å². The lowest BCUT2D eigenvalue weighted by Crippen LogP contribution is -2.57. The van der Waals surface area contributed by atoms with Crippen LogP contribution < -0.4 is 10.1 Å². The number of imide groups is 1. The second-order valence-corrected chi connectivity index (χ2v) is 13.7. The Morgan fingerprint density at radius 3 is 1.73 bits per heavy atom. The Balaban J connectivity index is 1.15. The number of anilines is 1. The van der Waals surface area contributed by atoms with Crippen LogP contribution in [0.5, 0.6) is 11.5 Å². The number of nitrogens with zero attached hydrogens (tertiary/aromatic N) is 1. The molecule has 4 aromatic rings. The molecule has 2 bridgehead atoms. The molecule has 8 heteroatoms. The van der Waals surface area contributed by atoms with Crippen molar-refractivity contribution in [1.29, 1.82) is 0 Å². The number of hydrogen-bond acceptors (Lipinski definition) is 4. The van der Waals surface area contributed by atoms with Crippen LogP contribution in [0.1, 0.15) is 60.1 Å². The predicted molar refractivity (Wildman–Crippen MR) is 175 cm³/mol. The minimum absolute atomic E-state index is 0.293. The number of halogens is 2. The molecule has 6 nitrogen and oxygen atoms in total. The fourth-order valence-corrected chi connectivity index (χ4v) is 8.47. The quantitative estimate of drug-likeness (QED) is 0.172. The summed E-state index contributed by atoms with van der Waals surface area (Å²) in [7, 11) is 0. The van der Waals surface area contributed by atoms with Crippen LogP contribution in [0.15, 0.2) is 91.0 Å². The summed E-state index contributed by atoms with van der Waals surface area (Å²) in [4.78, 5) is 40.4. The zero-order valence-corrected chi connectivity index (χ0v) is 26.8. The molecule has 0 aromatic heterocycles. The number of aryl methyl sites for hydroxylation is 1. The third-order valence-corrected chi connectivity index (χ3v) is 10.8. The average molecular weight is 640 g/mol. The lowest BCUT2D eigenvalue weighted by molar-refractivity contribution is -0.146. The van der Waals surface area contributed by atoms with Crippen LogP contribution in [0.2, 0.25) is 0 Å². The number of nitrogens with one attached hydrogen (secondary N) is 1. The highest BCUT2D eigenvalue weighted by Gasteiger charge is 2.73. The van der Waals surface area contributed by atoms with E-state index in [2.05, 4.69) is 31.3 Å². The highest BCUT2D eigenvalue weighted by molar-refractivity contribution is 6.36. The summed E-state index contributed by atoms with van der Waals surface area (Å²) in [5.74, 6) is -1.72. The van der Waals surface area contributed by atoms with Gasteiger partial charge >= 0.3 is 0 Å². The molecule has 3 amide bonds. The minimum atomic E-state index is -1.30. The van der Waals surface area contributed by atoms with Gasteiger partial charge in [0.05, 0.1) is 11.8 Å². The number of carbonyl (C=O) groups excluding carboxylic acids is 3. The van der Waals surface area contributed by atoms with E-state index in [0.717, 1.165) is 44.0 Å². The monoisotopic (exact) mass is 638 g/mol. The van der Waals surface area contributed by atoms with E-state index in [1.807, 2.05) is 61.5 Å². The number of alkyl halides is 2. The van der Waals surface area contributed by atoms with Gasteiger partial charge in [-0.25, -0.2) is 0 Å². The molecule has 4 aliphatic rings. The van der Waals surface area contributed by atoms with Crippen molar-refractivity contribution < 1.29 is 19.1 Å². The van der Waals surface area contributed by atoms with Crippen molar-refractivity contribution in [2.45, 2.75) is 49.4 Å². The molecule has 3 atom stereocenters. The molecule has 1 heterocycles. The van der Waals surface area contributed by atoms with Crippen LogP contribution in [-0.2, 0) is 24.1 Å². The van der Waals surface area contributed by atoms with Gasteiger partial charge in [-0.05, 0) is 83.5 Å². The van der Waals surface area contributed by atoms with Crippen molar-refractivity contribution in [3.63, 3.8) is 0 Å². The zero-order chi connectivity index (χ0) is 31.8. The van der Waals surface area contributed by atoms with Crippen LogP contribution in [0, 0.1) is 18.8 Å². The van der Waals surface area contributed by atoms with Gasteiger partial charge in [0.1, 0.15) is 27.3 Å². The maximum Gasteiger partial charge on any atom is 0.247 e. The van der Waals surface area contributed by atoms with Crippen molar-refractivity contribution in [3.8, 4) is 11.5 Å². The summed E-state index contributed by atoms with van der Waals surface area (Å²) in [6, 6.07) is 27.0. The van der Waals surface area contributed by atoms with Gasteiger partial charge in [0.15, 0.2) is 0 Å². The fraction of sp³-hybridized carbons (Fsp3) is 0.270. The van der Waals surface area contributed by atoms with Crippen molar-refractivity contribution in [3.05, 3.63) is 124 Å². The van der Waals surface area contributed by atoms with Gasteiger partial charge in [-0.1, -0.05) is 74.5 Å². The van der Waals surface area contributed by atoms with E-state index in [1.54, 1.807) is 31.2 Å². The molecule has 1 saturated heterocycles. The second-order valence-electron chi connectivity index (χ2n) is 12.5. The van der Waals surface area contributed by atoms with Gasteiger partial charge < -0.3 is 10.1 Å². The topological polar surface area (TPSA) is 75.7 Å². The molecule has 1 fully saturated rings. The summed E-state index contributed by atoms with van der Waals surface area (Å²) >= 11 is 15.0. The fourth-order valence-electron chi connectivity index (χ4n) is 7.37. The first-order chi connectivity index (χ1) is 21.5. The van der Waals surface area contributed by atoms with Crippen molar-refractivity contribution in [2.75, 3.05) is 5.32 Å². The maximum absolute atomic E-state index is 14.2. The second kappa shape index (κ2) is 10.5. The zero-order valence-electron chi connectivity index (χ0n) is 25.3.